The maximum absolute atomic E-state index is 13.1. The van der Waals surface area contributed by atoms with Gasteiger partial charge in [0.05, 0.1) is 25.4 Å². The second kappa shape index (κ2) is 16.0. The number of allylic oxidation sites excluding steroid dienone is 4. The summed E-state index contributed by atoms with van der Waals surface area (Å²) in [6.45, 7) is 13.6. The zero-order valence-corrected chi connectivity index (χ0v) is 22.5. The molecule has 34 heavy (non-hydrogen) atoms. The molecule has 1 amide bonds. The second-order valence-corrected chi connectivity index (χ2v) is 8.30. The molecule has 0 radical (unpaired) electrons. The third kappa shape index (κ3) is 9.27. The van der Waals surface area contributed by atoms with Gasteiger partial charge in [-0.05, 0) is 65.5 Å². The lowest BCUT2D eigenvalue weighted by Crippen LogP contribution is -2.44. The highest BCUT2D eigenvalue weighted by Gasteiger charge is 2.37. The van der Waals surface area contributed by atoms with Crippen LogP contribution in [0.5, 0.6) is 5.75 Å². The zero-order chi connectivity index (χ0) is 25.5. The number of methoxy groups -OCH3 is 2. The van der Waals surface area contributed by atoms with Crippen molar-refractivity contribution in [3.63, 3.8) is 0 Å². The molecule has 184 valence electrons. The van der Waals surface area contributed by atoms with Gasteiger partial charge < -0.3 is 14.4 Å². The molecule has 0 unspecified atom stereocenters. The van der Waals surface area contributed by atoms with Crippen molar-refractivity contribution in [1.82, 2.24) is 4.98 Å². The topological polar surface area (TPSA) is 51.7 Å². The minimum Gasteiger partial charge on any atom is -0.497 e. The number of benzene rings is 1. The van der Waals surface area contributed by atoms with Gasteiger partial charge in [-0.2, -0.15) is 0 Å². The number of hydrogen-bond acceptors (Lipinski definition) is 4. The molecule has 3 rings (SSSR count). The molecule has 0 aliphatic heterocycles. The molecule has 1 saturated carbocycles. The number of carbonyl (C=O) groups excluding carboxylic acids is 1. The number of aromatic nitrogens is 1. The average molecular weight is 530 g/mol. The van der Waals surface area contributed by atoms with E-state index in [9.17, 15) is 4.79 Å². The predicted molar refractivity (Wildman–Crippen MR) is 145 cm³/mol. The second-order valence-electron chi connectivity index (χ2n) is 7.55. The van der Waals surface area contributed by atoms with Crippen molar-refractivity contribution < 1.29 is 14.3 Å². The molecular formula is C28H37BrN2O3. The van der Waals surface area contributed by atoms with Crippen LogP contribution in [0.3, 0.4) is 0 Å². The normalized spacial score (nSPS) is 16.2. The minimum absolute atomic E-state index is 0.00435. The van der Waals surface area contributed by atoms with E-state index in [2.05, 4.69) is 34.1 Å². The van der Waals surface area contributed by atoms with Crippen molar-refractivity contribution in [1.29, 1.82) is 0 Å². The quantitative estimate of drug-likeness (QED) is 0.269. The van der Waals surface area contributed by atoms with Gasteiger partial charge in [0, 0.05) is 19.2 Å². The van der Waals surface area contributed by atoms with E-state index in [-0.39, 0.29) is 17.9 Å². The Bertz CT molecular complexity index is 935. The average Bonchev–Trinajstić information content (AvgIpc) is 2.83. The summed E-state index contributed by atoms with van der Waals surface area (Å²) in [4.78, 5) is 19.1. The van der Waals surface area contributed by atoms with Gasteiger partial charge in [0.15, 0.2) is 0 Å². The highest BCUT2D eigenvalue weighted by Crippen LogP contribution is 2.35. The van der Waals surface area contributed by atoms with Gasteiger partial charge >= 0.3 is 0 Å². The molecule has 0 bridgehead atoms. The Morgan fingerprint density at radius 2 is 1.85 bits per heavy atom. The Kier molecular flexibility index (Phi) is 13.8. The maximum atomic E-state index is 13.1. The number of halogens is 1. The number of nitrogens with zero attached hydrogens (tertiary/aromatic N) is 2. The van der Waals surface area contributed by atoms with E-state index < -0.39 is 0 Å². The summed E-state index contributed by atoms with van der Waals surface area (Å²) in [5.74, 6) is 0.902. The summed E-state index contributed by atoms with van der Waals surface area (Å²) in [6.07, 6.45) is 8.94. The van der Waals surface area contributed by atoms with Crippen molar-refractivity contribution in [2.45, 2.75) is 46.3 Å². The summed E-state index contributed by atoms with van der Waals surface area (Å²) in [5.41, 5.74) is 2.87. The van der Waals surface area contributed by atoms with E-state index in [1.807, 2.05) is 69.3 Å². The number of hydrogen-bond donors (Lipinski definition) is 0. The number of rotatable bonds is 8. The molecule has 1 fully saturated rings. The zero-order valence-electron chi connectivity index (χ0n) is 21.0. The molecule has 1 aliphatic rings. The van der Waals surface area contributed by atoms with Crippen molar-refractivity contribution in [2.24, 2.45) is 5.92 Å². The molecule has 1 aliphatic carbocycles. The Labute approximate surface area is 213 Å². The molecule has 5 nitrogen and oxygen atoms in total. The molecule has 1 aromatic heterocycles. The monoisotopic (exact) mass is 528 g/mol. The lowest BCUT2D eigenvalue weighted by molar-refractivity contribution is -0.130. The van der Waals surface area contributed by atoms with Crippen LogP contribution in [0.4, 0.5) is 5.69 Å². The fraction of sp³-hybridized carbons (Fsp3) is 0.357. The molecular weight excluding hydrogens is 492 g/mol. The molecule has 1 heterocycles. The first-order chi connectivity index (χ1) is 16.4. The van der Waals surface area contributed by atoms with Gasteiger partial charge in [0.1, 0.15) is 10.4 Å². The van der Waals surface area contributed by atoms with E-state index in [1.165, 1.54) is 0 Å². The largest absolute Gasteiger partial charge is 0.497 e. The first-order valence-corrected chi connectivity index (χ1v) is 12.2. The van der Waals surface area contributed by atoms with Crippen LogP contribution < -0.4 is 9.64 Å². The number of anilines is 1. The summed E-state index contributed by atoms with van der Waals surface area (Å²) >= 11 is 3.47. The SMILES string of the molecule is C=C/C=C\C(=C)C.CC.COc1ccc(CN(C(=O)C2CC(OC)C2)c2cccnc2Br)cc1. The van der Waals surface area contributed by atoms with E-state index in [0.717, 1.165) is 35.4 Å². The van der Waals surface area contributed by atoms with Crippen LogP contribution in [0.1, 0.15) is 39.2 Å². The van der Waals surface area contributed by atoms with Crippen molar-refractivity contribution >= 4 is 27.5 Å². The third-order valence-corrected chi connectivity index (χ3v) is 5.70. The van der Waals surface area contributed by atoms with Crippen LogP contribution in [0.2, 0.25) is 0 Å². The van der Waals surface area contributed by atoms with Crippen molar-refractivity contribution in [3.8, 4) is 5.75 Å². The molecule has 0 saturated heterocycles. The van der Waals surface area contributed by atoms with Crippen LogP contribution >= 0.6 is 15.9 Å². The highest BCUT2D eigenvalue weighted by molar-refractivity contribution is 9.10. The van der Waals surface area contributed by atoms with Crippen LogP contribution in [0.25, 0.3) is 0 Å². The van der Waals surface area contributed by atoms with E-state index >= 15 is 0 Å². The third-order valence-electron chi connectivity index (χ3n) is 5.09. The Morgan fingerprint density at radius 1 is 1.21 bits per heavy atom. The molecule has 0 atom stereocenters. The molecule has 6 heteroatoms. The molecule has 1 aromatic carbocycles. The van der Waals surface area contributed by atoms with E-state index in [0.29, 0.717) is 11.1 Å². The van der Waals surface area contributed by atoms with E-state index in [4.69, 9.17) is 9.47 Å². The minimum atomic E-state index is -0.00435. The Morgan fingerprint density at radius 3 is 2.32 bits per heavy atom. The summed E-state index contributed by atoms with van der Waals surface area (Å²) in [6, 6.07) is 11.5. The van der Waals surface area contributed by atoms with Gasteiger partial charge in [-0.25, -0.2) is 4.98 Å². The van der Waals surface area contributed by atoms with Gasteiger partial charge in [0.25, 0.3) is 0 Å². The predicted octanol–water partition coefficient (Wildman–Crippen LogP) is 7.14. The molecule has 2 aromatic rings. The van der Waals surface area contributed by atoms with Crippen LogP contribution in [-0.2, 0) is 16.1 Å². The lowest BCUT2D eigenvalue weighted by Gasteiger charge is -2.37. The molecule has 0 N–H and O–H groups in total. The van der Waals surface area contributed by atoms with Crippen molar-refractivity contribution in [3.05, 3.63) is 89.7 Å². The number of pyridine rings is 1. The maximum Gasteiger partial charge on any atom is 0.230 e. The Hall–Kier alpha value is -2.70. The van der Waals surface area contributed by atoms with E-state index in [1.54, 1.807) is 31.4 Å². The standard InChI is InChI=1S/C19H21BrN2O3.C7H10.C2H6/c1-24-15-7-5-13(6-8-15)12-22(17-4-3-9-21-18(17)20)19(23)14-10-16(11-14)25-2;1-4-5-6-7(2)3;1-2/h3-9,14,16H,10-12H2,1-2H3;4-6H,1-2H2,3H3;1-2H3/b;6-5-;. The smallest absolute Gasteiger partial charge is 0.230 e. The van der Waals surface area contributed by atoms with Crippen LogP contribution in [0.15, 0.2) is 84.2 Å². The first-order valence-electron chi connectivity index (χ1n) is 11.4. The summed E-state index contributed by atoms with van der Waals surface area (Å²) in [5, 5.41) is 0. The molecule has 0 spiro atoms. The van der Waals surface area contributed by atoms with Gasteiger partial charge in [-0.1, -0.05) is 62.9 Å². The number of carbonyl (C=O) groups is 1. The van der Waals surface area contributed by atoms with Crippen LogP contribution in [0, 0.1) is 5.92 Å². The highest BCUT2D eigenvalue weighted by atomic mass is 79.9. The van der Waals surface area contributed by atoms with Gasteiger partial charge in [-0.3, -0.25) is 4.79 Å². The van der Waals surface area contributed by atoms with Gasteiger partial charge in [-0.15, -0.1) is 0 Å². The fourth-order valence-corrected chi connectivity index (χ4v) is 3.65. The summed E-state index contributed by atoms with van der Waals surface area (Å²) in [7, 11) is 3.33. The number of ether oxygens (including phenoxy) is 2. The summed E-state index contributed by atoms with van der Waals surface area (Å²) < 4.78 is 11.2. The Balaban J connectivity index is 0.000000553. The van der Waals surface area contributed by atoms with Crippen molar-refractivity contribution in [2.75, 3.05) is 19.1 Å². The fourth-order valence-electron chi connectivity index (χ4n) is 3.19. The lowest BCUT2D eigenvalue weighted by atomic mass is 9.81. The van der Waals surface area contributed by atoms with Gasteiger partial charge in [0.2, 0.25) is 5.91 Å². The van der Waals surface area contributed by atoms with Crippen LogP contribution in [-0.4, -0.2) is 31.2 Å². The first kappa shape index (κ1) is 29.3. The number of amides is 1.